The summed E-state index contributed by atoms with van der Waals surface area (Å²) >= 11 is 0. The molecule has 0 aliphatic carbocycles. The summed E-state index contributed by atoms with van der Waals surface area (Å²) < 4.78 is 0. The van der Waals surface area contributed by atoms with Gasteiger partial charge in [0.15, 0.2) is 0 Å². The van der Waals surface area contributed by atoms with Crippen LogP contribution in [0.4, 0.5) is 0 Å². The van der Waals surface area contributed by atoms with E-state index < -0.39 is 0 Å². The van der Waals surface area contributed by atoms with Gasteiger partial charge in [0.25, 0.3) is 0 Å². The predicted molar refractivity (Wildman–Crippen MR) is 57.9 cm³/mol. The van der Waals surface area contributed by atoms with Crippen molar-refractivity contribution in [2.75, 3.05) is 6.54 Å². The molecular weight excluding hydrogens is 158 g/mol. The maximum absolute atomic E-state index is 3.42. The van der Waals surface area contributed by atoms with Gasteiger partial charge in [0, 0.05) is 6.04 Å². The summed E-state index contributed by atoms with van der Waals surface area (Å²) in [5, 5.41) is 3.42. The largest absolute Gasteiger partial charge is 0.315 e. The molecule has 1 heteroatoms. The highest BCUT2D eigenvalue weighted by molar-refractivity contribution is 5.14. The van der Waals surface area contributed by atoms with Gasteiger partial charge in [0.2, 0.25) is 0 Å². The summed E-state index contributed by atoms with van der Waals surface area (Å²) in [6.45, 7) is 5.46. The molecule has 0 spiro atoms. The molecule has 13 heavy (non-hydrogen) atoms. The molecule has 72 valence electrons. The maximum atomic E-state index is 3.42. The summed E-state index contributed by atoms with van der Waals surface area (Å²) in [5.74, 6) is 0. The molecule has 1 N–H and O–H groups in total. The normalized spacial score (nSPS) is 12.8. The molecule has 0 amide bonds. The van der Waals surface area contributed by atoms with Crippen LogP contribution in [0.3, 0.4) is 0 Å². The van der Waals surface area contributed by atoms with E-state index in [4.69, 9.17) is 0 Å². The molecule has 0 saturated carbocycles. The van der Waals surface area contributed by atoms with Crippen molar-refractivity contribution in [3.63, 3.8) is 0 Å². The molecule has 0 aliphatic heterocycles. The summed E-state index contributed by atoms with van der Waals surface area (Å²) in [6, 6.07) is 11.3. The van der Waals surface area contributed by atoms with Gasteiger partial charge in [0.05, 0.1) is 0 Å². The number of benzene rings is 1. The second-order valence-electron chi connectivity index (χ2n) is 3.48. The first-order valence-corrected chi connectivity index (χ1v) is 5.10. The molecule has 0 fully saturated rings. The molecule has 0 radical (unpaired) electrons. The molecule has 0 aromatic heterocycles. The van der Waals surface area contributed by atoms with E-state index in [1.54, 1.807) is 0 Å². The van der Waals surface area contributed by atoms with Gasteiger partial charge in [-0.2, -0.15) is 0 Å². The van der Waals surface area contributed by atoms with Crippen molar-refractivity contribution >= 4 is 0 Å². The molecule has 1 rings (SSSR count). The first-order chi connectivity index (χ1) is 6.33. The SMILES string of the molecule is CCN[C@H](C)CCc1ccccc1. The summed E-state index contributed by atoms with van der Waals surface area (Å²) in [4.78, 5) is 0. The molecule has 0 unspecified atom stereocenters. The third kappa shape index (κ3) is 4.09. The van der Waals surface area contributed by atoms with E-state index in [1.807, 2.05) is 0 Å². The lowest BCUT2D eigenvalue weighted by Crippen LogP contribution is -2.25. The van der Waals surface area contributed by atoms with E-state index >= 15 is 0 Å². The van der Waals surface area contributed by atoms with E-state index in [-0.39, 0.29) is 0 Å². The van der Waals surface area contributed by atoms with Crippen LogP contribution in [-0.4, -0.2) is 12.6 Å². The maximum Gasteiger partial charge on any atom is 0.00417 e. The standard InChI is InChI=1S/C12H19N/c1-3-13-11(2)9-10-12-7-5-4-6-8-12/h4-8,11,13H,3,9-10H2,1-2H3/t11-/m1/s1. The van der Waals surface area contributed by atoms with E-state index in [0.29, 0.717) is 6.04 Å². The minimum atomic E-state index is 0.630. The minimum Gasteiger partial charge on any atom is -0.315 e. The van der Waals surface area contributed by atoms with Gasteiger partial charge in [0.1, 0.15) is 0 Å². The lowest BCUT2D eigenvalue weighted by Gasteiger charge is -2.11. The molecule has 1 nitrogen and oxygen atoms in total. The molecule has 0 heterocycles. The van der Waals surface area contributed by atoms with E-state index in [0.717, 1.165) is 6.54 Å². The van der Waals surface area contributed by atoms with E-state index in [2.05, 4.69) is 49.5 Å². The molecule has 0 aliphatic rings. The second-order valence-corrected chi connectivity index (χ2v) is 3.48. The van der Waals surface area contributed by atoms with Crippen LogP contribution in [0.25, 0.3) is 0 Å². The van der Waals surface area contributed by atoms with Crippen LogP contribution in [0.1, 0.15) is 25.8 Å². The van der Waals surface area contributed by atoms with Gasteiger partial charge in [-0.3, -0.25) is 0 Å². The smallest absolute Gasteiger partial charge is 0.00417 e. The number of nitrogens with one attached hydrogen (secondary N) is 1. The Morgan fingerprint density at radius 2 is 1.92 bits per heavy atom. The van der Waals surface area contributed by atoms with Gasteiger partial charge < -0.3 is 5.32 Å². The van der Waals surface area contributed by atoms with Crippen LogP contribution < -0.4 is 5.32 Å². The average Bonchev–Trinajstić information content (AvgIpc) is 2.17. The van der Waals surface area contributed by atoms with E-state index in [9.17, 15) is 0 Å². The fourth-order valence-corrected chi connectivity index (χ4v) is 1.48. The molecule has 1 aromatic carbocycles. The van der Waals surface area contributed by atoms with Crippen LogP contribution in [-0.2, 0) is 6.42 Å². The van der Waals surface area contributed by atoms with Gasteiger partial charge in [-0.25, -0.2) is 0 Å². The fourth-order valence-electron chi connectivity index (χ4n) is 1.48. The summed E-state index contributed by atoms with van der Waals surface area (Å²) in [7, 11) is 0. The van der Waals surface area contributed by atoms with Crippen LogP contribution in [0.5, 0.6) is 0 Å². The molecule has 0 bridgehead atoms. The highest BCUT2D eigenvalue weighted by atomic mass is 14.9. The van der Waals surface area contributed by atoms with Gasteiger partial charge in [-0.1, -0.05) is 37.3 Å². The lowest BCUT2D eigenvalue weighted by atomic mass is 10.1. The second kappa shape index (κ2) is 5.76. The van der Waals surface area contributed by atoms with Crippen molar-refractivity contribution in [2.45, 2.75) is 32.7 Å². The van der Waals surface area contributed by atoms with Gasteiger partial charge in [-0.05, 0) is 31.9 Å². The number of aryl methyl sites for hydroxylation is 1. The van der Waals surface area contributed by atoms with Crippen molar-refractivity contribution in [3.8, 4) is 0 Å². The first kappa shape index (κ1) is 10.3. The number of hydrogen-bond donors (Lipinski definition) is 1. The Morgan fingerprint density at radius 1 is 1.23 bits per heavy atom. The van der Waals surface area contributed by atoms with Crippen molar-refractivity contribution in [1.82, 2.24) is 5.32 Å². The zero-order valence-corrected chi connectivity index (χ0v) is 8.59. The Balaban J connectivity index is 2.27. The van der Waals surface area contributed by atoms with Crippen LogP contribution >= 0.6 is 0 Å². The van der Waals surface area contributed by atoms with Crippen molar-refractivity contribution < 1.29 is 0 Å². The first-order valence-electron chi connectivity index (χ1n) is 5.10. The zero-order valence-electron chi connectivity index (χ0n) is 8.59. The molecule has 0 saturated heterocycles. The van der Waals surface area contributed by atoms with Crippen molar-refractivity contribution in [1.29, 1.82) is 0 Å². The van der Waals surface area contributed by atoms with Crippen LogP contribution in [0.2, 0.25) is 0 Å². The number of rotatable bonds is 5. The van der Waals surface area contributed by atoms with Crippen LogP contribution in [0, 0.1) is 0 Å². The summed E-state index contributed by atoms with van der Waals surface area (Å²) in [6.07, 6.45) is 2.40. The Labute approximate surface area is 81.2 Å². The zero-order chi connectivity index (χ0) is 9.52. The Hall–Kier alpha value is -0.820. The molecule has 1 aromatic rings. The van der Waals surface area contributed by atoms with Gasteiger partial charge in [-0.15, -0.1) is 0 Å². The summed E-state index contributed by atoms with van der Waals surface area (Å²) in [5.41, 5.74) is 1.44. The fraction of sp³-hybridized carbons (Fsp3) is 0.500. The topological polar surface area (TPSA) is 12.0 Å². The molecule has 1 atom stereocenters. The van der Waals surface area contributed by atoms with Crippen LogP contribution in [0.15, 0.2) is 30.3 Å². The number of hydrogen-bond acceptors (Lipinski definition) is 1. The Kier molecular flexibility index (Phi) is 4.55. The minimum absolute atomic E-state index is 0.630. The van der Waals surface area contributed by atoms with E-state index in [1.165, 1.54) is 18.4 Å². The third-order valence-electron chi connectivity index (χ3n) is 2.26. The quantitative estimate of drug-likeness (QED) is 0.729. The predicted octanol–water partition coefficient (Wildman–Crippen LogP) is 2.62. The Bertz CT molecular complexity index is 218. The molecular formula is C12H19N. The van der Waals surface area contributed by atoms with Crippen molar-refractivity contribution in [2.24, 2.45) is 0 Å². The van der Waals surface area contributed by atoms with Crippen molar-refractivity contribution in [3.05, 3.63) is 35.9 Å². The lowest BCUT2D eigenvalue weighted by molar-refractivity contribution is 0.530. The highest BCUT2D eigenvalue weighted by Crippen LogP contribution is 2.04. The highest BCUT2D eigenvalue weighted by Gasteiger charge is 1.99. The Morgan fingerprint density at radius 3 is 2.54 bits per heavy atom. The average molecular weight is 177 g/mol. The third-order valence-corrected chi connectivity index (χ3v) is 2.26. The van der Waals surface area contributed by atoms with Gasteiger partial charge >= 0.3 is 0 Å². The monoisotopic (exact) mass is 177 g/mol.